The molecule has 25 aromatic rings. The normalized spacial score (nSPS) is 11.8. The highest BCUT2D eigenvalue weighted by Gasteiger charge is 2.26. The standard InChI is InChI=1S/C122H78N4O2/c1-2-24-87-75-88(54-51-79(87)23-1)83-59-68-94(69-60-83)124(96-72-63-86(64-73-96)98-26-4-13-37-110(98)126-115-42-18-7-29-101(115)102-30-8-19-43-116(102)126)112-39-15-10-32-104(112)106-35-22-46-119-122(106)108-74-65-91(78-120(108)128-119)90-56-53-84-52-55-89(76-92(84)77-90)82-49-47-80(48-50-82)81-57-66-93(67-58-81)123(111-38-14-9-31-103(111)105-34-21-45-118-121(105)107-33-11-20-44-117(107)127-118)95-70-61-85(62-71-95)97-25-3-12-36-109(97)125-113-40-16-5-27-99(113)100-28-6-17-41-114(100)125/h1-78H. The molecule has 0 aliphatic carbocycles. The van der Waals surface area contributed by atoms with Crippen LogP contribution in [0, 0.1) is 0 Å². The highest BCUT2D eigenvalue weighted by atomic mass is 16.3. The van der Waals surface area contributed by atoms with Crippen LogP contribution in [-0.4, -0.2) is 9.13 Å². The second-order valence-electron chi connectivity index (χ2n) is 33.4. The number of anilines is 6. The molecule has 0 atom stereocenters. The summed E-state index contributed by atoms with van der Waals surface area (Å²) < 4.78 is 18.3. The van der Waals surface area contributed by atoms with Gasteiger partial charge in [0.15, 0.2) is 0 Å². The topological polar surface area (TPSA) is 42.6 Å². The zero-order chi connectivity index (χ0) is 84.3. The van der Waals surface area contributed by atoms with Gasteiger partial charge >= 0.3 is 0 Å². The van der Waals surface area contributed by atoms with Crippen molar-refractivity contribution in [1.82, 2.24) is 9.13 Å². The molecule has 598 valence electrons. The van der Waals surface area contributed by atoms with Crippen molar-refractivity contribution in [3.8, 4) is 100 Å². The first-order valence-corrected chi connectivity index (χ1v) is 43.8. The monoisotopic (exact) mass is 1630 g/mol. The van der Waals surface area contributed by atoms with E-state index in [1.807, 2.05) is 6.07 Å². The summed E-state index contributed by atoms with van der Waals surface area (Å²) in [6.45, 7) is 0. The van der Waals surface area contributed by atoms with Crippen LogP contribution in [0.15, 0.2) is 482 Å². The minimum Gasteiger partial charge on any atom is -0.456 e. The maximum Gasteiger partial charge on any atom is 0.136 e. The van der Waals surface area contributed by atoms with Crippen LogP contribution in [0.5, 0.6) is 0 Å². The maximum absolute atomic E-state index is 6.99. The molecule has 0 saturated heterocycles. The number of hydrogen-bond acceptors (Lipinski definition) is 4. The third kappa shape index (κ3) is 12.5. The lowest BCUT2D eigenvalue weighted by molar-refractivity contribution is 0.668. The summed E-state index contributed by atoms with van der Waals surface area (Å²) in [7, 11) is 0. The fourth-order valence-electron chi connectivity index (χ4n) is 20.1. The number of hydrogen-bond donors (Lipinski definition) is 0. The Morgan fingerprint density at radius 1 is 0.164 bits per heavy atom. The van der Waals surface area contributed by atoms with Crippen LogP contribution in [0.3, 0.4) is 0 Å². The highest BCUT2D eigenvalue weighted by molar-refractivity contribution is 6.17. The smallest absolute Gasteiger partial charge is 0.136 e. The minimum absolute atomic E-state index is 0.833. The van der Waals surface area contributed by atoms with Gasteiger partial charge in [-0.1, -0.05) is 328 Å². The summed E-state index contributed by atoms with van der Waals surface area (Å²) in [5.41, 5.74) is 34.7. The van der Waals surface area contributed by atoms with E-state index in [1.165, 1.54) is 65.3 Å². The predicted molar refractivity (Wildman–Crippen MR) is 538 cm³/mol. The van der Waals surface area contributed by atoms with Crippen molar-refractivity contribution < 1.29 is 8.83 Å². The molecular weight excluding hydrogens is 1550 g/mol. The highest BCUT2D eigenvalue weighted by Crippen LogP contribution is 2.50. The molecule has 0 unspecified atom stereocenters. The summed E-state index contributed by atoms with van der Waals surface area (Å²) in [5, 5.41) is 14.1. The molecule has 0 radical (unpaired) electrons. The van der Waals surface area contributed by atoms with Gasteiger partial charge in [0.2, 0.25) is 0 Å². The number of furan rings is 2. The Morgan fingerprint density at radius 2 is 0.453 bits per heavy atom. The second-order valence-corrected chi connectivity index (χ2v) is 33.4. The van der Waals surface area contributed by atoms with Crippen molar-refractivity contribution >= 4 is 143 Å². The first-order valence-electron chi connectivity index (χ1n) is 43.8. The van der Waals surface area contributed by atoms with Gasteiger partial charge in [0.25, 0.3) is 0 Å². The molecule has 4 aromatic heterocycles. The third-order valence-electron chi connectivity index (χ3n) is 26.2. The van der Waals surface area contributed by atoms with E-state index in [1.54, 1.807) is 0 Å². The number of fused-ring (bicyclic) bond motifs is 14. The van der Waals surface area contributed by atoms with Gasteiger partial charge < -0.3 is 27.8 Å². The maximum atomic E-state index is 6.99. The average molecular weight is 1630 g/mol. The lowest BCUT2D eigenvalue weighted by Gasteiger charge is -2.28. The Labute approximate surface area is 739 Å². The van der Waals surface area contributed by atoms with Crippen LogP contribution in [0.4, 0.5) is 34.1 Å². The molecule has 0 fully saturated rings. The van der Waals surface area contributed by atoms with Crippen molar-refractivity contribution in [2.45, 2.75) is 0 Å². The summed E-state index contributed by atoms with van der Waals surface area (Å²) in [6, 6.07) is 172. The van der Waals surface area contributed by atoms with Gasteiger partial charge in [-0.2, -0.15) is 0 Å². The Morgan fingerprint density at radius 3 is 0.914 bits per heavy atom. The van der Waals surface area contributed by atoms with Crippen LogP contribution < -0.4 is 9.80 Å². The number of benzene rings is 21. The van der Waals surface area contributed by atoms with E-state index < -0.39 is 0 Å². The van der Waals surface area contributed by atoms with Crippen molar-refractivity contribution in [3.05, 3.63) is 473 Å². The Hall–Kier alpha value is -17.1. The molecule has 0 aliphatic rings. The second kappa shape index (κ2) is 30.5. The van der Waals surface area contributed by atoms with Crippen LogP contribution >= 0.6 is 0 Å². The van der Waals surface area contributed by atoms with Gasteiger partial charge in [0.1, 0.15) is 22.3 Å². The zero-order valence-corrected chi connectivity index (χ0v) is 69.6. The Bertz CT molecular complexity index is 8580. The number of nitrogens with zero attached hydrogens (tertiary/aromatic N) is 4. The summed E-state index contributed by atoms with van der Waals surface area (Å²) in [4.78, 5) is 4.82. The van der Waals surface area contributed by atoms with Gasteiger partial charge in [0, 0.05) is 88.1 Å². The van der Waals surface area contributed by atoms with Gasteiger partial charge in [-0.15, -0.1) is 0 Å². The lowest BCUT2D eigenvalue weighted by atomic mass is 9.94. The zero-order valence-electron chi connectivity index (χ0n) is 69.6. The molecule has 25 rings (SSSR count). The molecule has 128 heavy (non-hydrogen) atoms. The first kappa shape index (κ1) is 73.6. The molecule has 0 spiro atoms. The van der Waals surface area contributed by atoms with E-state index >= 15 is 0 Å². The fraction of sp³-hybridized carbons (Fsp3) is 0. The van der Waals surface area contributed by atoms with Gasteiger partial charge in [-0.05, 0) is 234 Å². The SMILES string of the molecule is c1ccc(N(c2ccc(-c3ccc(-c4ccc5ccc(-c6ccc7c(c6)oc6cccc(-c8ccccc8N(c8ccc(-c9ccc%10ccccc%10c9)cc8)c8ccc(-c9ccccc9-n9c%10ccccc%10c%10ccccc%109)cc8)c67)cc5c4)cc3)cc2)c2ccc(-c3ccccc3-n3c4ccccc4c4ccccc43)cc2)c(-c2cccc3oc4ccccc4c23)c1. The molecule has 0 amide bonds. The Balaban J connectivity index is 0.524. The average Bonchev–Trinajstić information content (AvgIpc) is 1.60. The number of para-hydroxylation sites is 9. The van der Waals surface area contributed by atoms with Gasteiger partial charge in [-0.25, -0.2) is 0 Å². The van der Waals surface area contributed by atoms with E-state index in [0.29, 0.717) is 0 Å². The molecule has 0 bridgehead atoms. The van der Waals surface area contributed by atoms with Crippen molar-refractivity contribution in [1.29, 1.82) is 0 Å². The molecule has 0 aliphatic heterocycles. The first-order chi connectivity index (χ1) is 63.5. The summed E-state index contributed by atoms with van der Waals surface area (Å²) >= 11 is 0. The molecule has 0 saturated carbocycles. The predicted octanol–water partition coefficient (Wildman–Crippen LogP) is 34.3. The van der Waals surface area contributed by atoms with Crippen molar-refractivity contribution in [2.24, 2.45) is 0 Å². The molecule has 6 nitrogen and oxygen atoms in total. The number of rotatable bonds is 16. The minimum atomic E-state index is 0.833. The van der Waals surface area contributed by atoms with E-state index in [9.17, 15) is 0 Å². The molecule has 6 heteroatoms. The molecule has 4 heterocycles. The number of aromatic nitrogens is 2. The lowest BCUT2D eigenvalue weighted by Crippen LogP contribution is -2.11. The van der Waals surface area contributed by atoms with E-state index in [4.69, 9.17) is 8.83 Å². The third-order valence-corrected chi connectivity index (χ3v) is 26.2. The van der Waals surface area contributed by atoms with Crippen LogP contribution in [0.2, 0.25) is 0 Å². The molecule has 0 N–H and O–H groups in total. The van der Waals surface area contributed by atoms with Crippen LogP contribution in [0.1, 0.15) is 0 Å². The quantitative estimate of drug-likeness (QED) is 0.0967. The fourth-order valence-corrected chi connectivity index (χ4v) is 20.1. The van der Waals surface area contributed by atoms with Gasteiger partial charge in [-0.3, -0.25) is 0 Å². The Kier molecular flexibility index (Phi) is 17.5. The van der Waals surface area contributed by atoms with Gasteiger partial charge in [0.05, 0.1) is 44.8 Å². The van der Waals surface area contributed by atoms with Crippen LogP contribution in [0.25, 0.3) is 209 Å². The van der Waals surface area contributed by atoms with E-state index in [2.05, 4.69) is 486 Å². The molecule has 21 aromatic carbocycles. The summed E-state index contributed by atoms with van der Waals surface area (Å²) in [5.74, 6) is 0. The van der Waals surface area contributed by atoms with Crippen molar-refractivity contribution in [2.75, 3.05) is 9.80 Å². The van der Waals surface area contributed by atoms with Crippen molar-refractivity contribution in [3.63, 3.8) is 0 Å². The van der Waals surface area contributed by atoms with Crippen LogP contribution in [-0.2, 0) is 0 Å². The van der Waals surface area contributed by atoms with E-state index in [0.717, 1.165) is 178 Å². The molecular formula is C122H78N4O2. The summed E-state index contributed by atoms with van der Waals surface area (Å²) in [6.07, 6.45) is 0. The van der Waals surface area contributed by atoms with E-state index in [-0.39, 0.29) is 0 Å². The largest absolute Gasteiger partial charge is 0.456 e.